The van der Waals surface area contributed by atoms with Crippen LogP contribution in [0.25, 0.3) is 0 Å². The summed E-state index contributed by atoms with van der Waals surface area (Å²) in [6.07, 6.45) is 8.45. The molecule has 58 heavy (non-hydrogen) atoms. The lowest BCUT2D eigenvalue weighted by Gasteiger charge is -2.44. The van der Waals surface area contributed by atoms with Crippen molar-refractivity contribution in [3.63, 3.8) is 0 Å². The number of aryl methyl sites for hydroxylation is 1. The maximum Gasteiger partial charge on any atom is 0.451 e. The van der Waals surface area contributed by atoms with Crippen molar-refractivity contribution < 1.29 is 48.3 Å². The Morgan fingerprint density at radius 3 is 1.88 bits per heavy atom. The molecule has 4 unspecified atom stereocenters. The zero-order valence-electron chi connectivity index (χ0n) is 33.3. The molecule has 318 valence electrons. The second-order valence-corrected chi connectivity index (χ2v) is 17.6. The largest absolute Gasteiger partial charge is 0.480 e. The van der Waals surface area contributed by atoms with Gasteiger partial charge in [0.05, 0.1) is 5.02 Å². The number of carboxylic acid groups (broad SMARTS) is 1. The van der Waals surface area contributed by atoms with Gasteiger partial charge in [0.1, 0.15) is 16.9 Å². The van der Waals surface area contributed by atoms with Crippen molar-refractivity contribution in [3.05, 3.63) is 63.2 Å². The average Bonchev–Trinajstić information content (AvgIpc) is 3.60. The van der Waals surface area contributed by atoms with E-state index < -0.39 is 48.9 Å². The van der Waals surface area contributed by atoms with Crippen LogP contribution in [-0.2, 0) is 22.4 Å². The third-order valence-corrected chi connectivity index (χ3v) is 14.0. The predicted octanol–water partition coefficient (Wildman–Crippen LogP) is 4.78. The number of hydrogen-bond donors (Lipinski definition) is 7. The second kappa shape index (κ2) is 19.4. The molecule has 0 saturated carbocycles. The van der Waals surface area contributed by atoms with Crippen molar-refractivity contribution in [1.82, 2.24) is 9.80 Å². The highest BCUT2D eigenvalue weighted by Crippen LogP contribution is 2.45. The molecule has 2 aromatic carbocycles. The van der Waals surface area contributed by atoms with Gasteiger partial charge in [0.25, 0.3) is 0 Å². The highest BCUT2D eigenvalue weighted by atomic mass is 35.5. The Balaban J connectivity index is 1.15. The highest BCUT2D eigenvalue weighted by Gasteiger charge is 2.47. The summed E-state index contributed by atoms with van der Waals surface area (Å²) in [5.74, 6) is -3.50. The fourth-order valence-electron chi connectivity index (χ4n) is 10.3. The van der Waals surface area contributed by atoms with Crippen molar-refractivity contribution in [1.29, 1.82) is 0 Å². The smallest absolute Gasteiger partial charge is 0.451 e. The Morgan fingerprint density at radius 2 is 1.31 bits per heavy atom. The van der Waals surface area contributed by atoms with Gasteiger partial charge in [-0.15, -0.1) is 0 Å². The average molecular weight is 831 g/mol. The van der Waals surface area contributed by atoms with E-state index in [9.17, 15) is 39.2 Å². The van der Waals surface area contributed by atoms with E-state index in [2.05, 4.69) is 9.80 Å². The van der Waals surface area contributed by atoms with Gasteiger partial charge in [-0.05, 0) is 156 Å². The van der Waals surface area contributed by atoms with E-state index in [1.54, 1.807) is 12.1 Å². The summed E-state index contributed by atoms with van der Waals surface area (Å²) in [5.41, 5.74) is 14.2. The molecule has 2 aliphatic carbocycles. The molecule has 2 aromatic rings. The molecule has 0 aromatic heterocycles. The number of carbonyl (C=O) groups excluding carboxylic acids is 1. The van der Waals surface area contributed by atoms with Gasteiger partial charge in [0.15, 0.2) is 11.6 Å². The lowest BCUT2D eigenvalue weighted by molar-refractivity contribution is -0.147. The number of nitrogens with zero attached hydrogens (tertiary/aromatic N) is 2. The van der Waals surface area contributed by atoms with Crippen LogP contribution in [0.3, 0.4) is 0 Å². The van der Waals surface area contributed by atoms with Crippen LogP contribution in [0.15, 0.2) is 24.3 Å². The Kier molecular flexibility index (Phi) is 15.0. The Hall–Kier alpha value is -2.66. The summed E-state index contributed by atoms with van der Waals surface area (Å²) >= 11 is 6.16. The molecule has 9 N–H and O–H groups in total. The van der Waals surface area contributed by atoms with Gasteiger partial charge in [-0.1, -0.05) is 43.4 Å². The van der Waals surface area contributed by atoms with Crippen LogP contribution < -0.4 is 16.2 Å². The zero-order chi connectivity index (χ0) is 41.8. The molecule has 2 fully saturated rings. The topological polar surface area (TPSA) is 203 Å². The van der Waals surface area contributed by atoms with Gasteiger partial charge < -0.3 is 41.4 Å². The Morgan fingerprint density at radius 1 is 0.759 bits per heavy atom. The number of carboxylic acids is 1. The van der Waals surface area contributed by atoms with Crippen LogP contribution in [0.2, 0.25) is 17.7 Å². The van der Waals surface area contributed by atoms with E-state index in [1.807, 2.05) is 0 Å². The van der Waals surface area contributed by atoms with Crippen molar-refractivity contribution in [2.24, 2.45) is 23.3 Å². The minimum Gasteiger partial charge on any atom is -0.480 e. The first-order valence-electron chi connectivity index (χ1n) is 21.1. The van der Waals surface area contributed by atoms with Crippen molar-refractivity contribution >= 4 is 37.8 Å². The number of nitrogens with two attached hydrogens (primary N) is 2. The molecule has 2 saturated heterocycles. The standard InChI is InChI=1S/C41H59B2ClF2N4O8/c44-32-25-31-26(24-34(32)46)8-11-36(31)50-22-14-28(15-23-50)41(48,17-2-4-19-43(56)57)39(53)58-37-30-6-5-7-35(29(30)9-10-33(37)45)49-20-12-27(13-21-49)40(47,38(51)52)16-1-3-18-42(54)55/h9-10,24-25,27-28,35-36,54-57H,1-8,11-23,47-48H2,(H,51,52). The quantitative estimate of drug-likeness (QED) is 0.0499. The number of fused-ring (bicyclic) bond motifs is 2. The number of rotatable bonds is 17. The van der Waals surface area contributed by atoms with Crippen LogP contribution in [0.5, 0.6) is 5.75 Å². The van der Waals surface area contributed by atoms with E-state index >= 15 is 4.39 Å². The fraction of sp³-hybridized carbons (Fsp3) is 0.659. The minimum absolute atomic E-state index is 0.0798. The van der Waals surface area contributed by atoms with Gasteiger partial charge in [-0.25, -0.2) is 13.6 Å². The number of halogens is 3. The van der Waals surface area contributed by atoms with Gasteiger partial charge >= 0.3 is 26.2 Å². The summed E-state index contributed by atoms with van der Waals surface area (Å²) in [4.78, 5) is 31.4. The minimum atomic E-state index is -1.48. The SMILES string of the molecule is NC(CCCCB(O)O)(C(=O)O)C1CCN(C2CCCc3c2ccc(F)c3OC(=O)C(N)(CCCCB(O)O)C2CCN(C3CCc4cc(F)c(Cl)cc43)CC2)CC1. The normalized spacial score (nSPS) is 22.8. The summed E-state index contributed by atoms with van der Waals surface area (Å²) in [5, 5.41) is 47.5. The molecule has 0 spiro atoms. The number of piperidine rings is 2. The monoisotopic (exact) mass is 830 g/mol. The first kappa shape index (κ1) is 44.9. The third-order valence-electron chi connectivity index (χ3n) is 13.7. The molecule has 2 aliphatic heterocycles. The van der Waals surface area contributed by atoms with Gasteiger partial charge in [-0.3, -0.25) is 14.6 Å². The van der Waals surface area contributed by atoms with Gasteiger partial charge in [0, 0.05) is 17.6 Å². The number of likely N-dealkylation sites (tertiary alicyclic amines) is 2. The van der Waals surface area contributed by atoms with E-state index in [-0.39, 0.29) is 60.2 Å². The molecule has 4 atom stereocenters. The van der Waals surface area contributed by atoms with Gasteiger partial charge in [0.2, 0.25) is 0 Å². The molecule has 2 heterocycles. The predicted molar refractivity (Wildman–Crippen MR) is 218 cm³/mol. The van der Waals surface area contributed by atoms with Crippen LogP contribution in [0, 0.1) is 23.5 Å². The summed E-state index contributed by atoms with van der Waals surface area (Å²) in [7, 11) is -2.91. The van der Waals surface area contributed by atoms with E-state index in [1.165, 1.54) is 12.1 Å². The number of esters is 1. The number of ether oxygens (including phenoxy) is 1. The maximum absolute atomic E-state index is 15.8. The van der Waals surface area contributed by atoms with Gasteiger partial charge in [-0.2, -0.15) is 0 Å². The number of aliphatic carboxylic acids is 1. The van der Waals surface area contributed by atoms with Crippen molar-refractivity contribution in [2.75, 3.05) is 26.2 Å². The molecular weight excluding hydrogens is 772 g/mol. The lowest BCUT2D eigenvalue weighted by atomic mass is 9.73. The van der Waals surface area contributed by atoms with E-state index in [0.717, 1.165) is 42.4 Å². The van der Waals surface area contributed by atoms with Crippen molar-refractivity contribution in [3.8, 4) is 5.75 Å². The Bertz CT molecular complexity index is 1770. The van der Waals surface area contributed by atoms with Crippen LogP contribution >= 0.6 is 11.6 Å². The first-order chi connectivity index (χ1) is 27.6. The van der Waals surface area contributed by atoms with E-state index in [4.69, 9.17) is 27.8 Å². The number of carbonyl (C=O) groups is 2. The van der Waals surface area contributed by atoms with E-state index in [0.29, 0.717) is 89.5 Å². The summed E-state index contributed by atoms with van der Waals surface area (Å²) < 4.78 is 36.1. The summed E-state index contributed by atoms with van der Waals surface area (Å²) in [6, 6.07) is 6.32. The molecular formula is C41H59B2ClF2N4O8. The van der Waals surface area contributed by atoms with Crippen LogP contribution in [-0.4, -0.2) is 98.4 Å². The lowest BCUT2D eigenvalue weighted by Crippen LogP contribution is -2.58. The Labute approximate surface area is 345 Å². The second-order valence-electron chi connectivity index (χ2n) is 17.2. The van der Waals surface area contributed by atoms with Crippen molar-refractivity contribution in [2.45, 2.75) is 132 Å². The molecule has 0 amide bonds. The third kappa shape index (κ3) is 9.92. The molecule has 0 bridgehead atoms. The number of unbranched alkanes of at least 4 members (excludes halogenated alkanes) is 2. The molecule has 17 heteroatoms. The molecule has 12 nitrogen and oxygen atoms in total. The number of hydrogen-bond acceptors (Lipinski definition) is 11. The molecule has 6 rings (SSSR count). The zero-order valence-corrected chi connectivity index (χ0v) is 34.0. The first-order valence-corrected chi connectivity index (χ1v) is 21.5. The summed E-state index contributed by atoms with van der Waals surface area (Å²) in [6.45, 7) is 2.47. The maximum atomic E-state index is 15.8. The highest BCUT2D eigenvalue weighted by molar-refractivity contribution is 6.41. The molecule has 4 aliphatic rings. The molecule has 0 radical (unpaired) electrons. The van der Waals surface area contributed by atoms with Crippen LogP contribution in [0.1, 0.15) is 118 Å². The fourth-order valence-corrected chi connectivity index (χ4v) is 10.5. The number of benzene rings is 2. The van der Waals surface area contributed by atoms with Crippen LogP contribution in [0.4, 0.5) is 8.78 Å².